The van der Waals surface area contributed by atoms with E-state index in [0.717, 1.165) is 51.0 Å². The predicted molar refractivity (Wildman–Crippen MR) is 102 cm³/mol. The number of hydrogen-bond donors (Lipinski definition) is 2. The first kappa shape index (κ1) is 18.7. The van der Waals surface area contributed by atoms with E-state index in [2.05, 4.69) is 41.0 Å². The highest BCUT2D eigenvalue weighted by molar-refractivity contribution is 5.84. The summed E-state index contributed by atoms with van der Waals surface area (Å²) >= 11 is 0. The molecule has 1 aliphatic rings. The number of ether oxygens (including phenoxy) is 2. The standard InChI is InChI=1S/C18H30N6O2/c1-5-6-8-20-16-22-14(19)13-15(23-16)24(17(21-13)25-4)11-12-7-9-26-18(2,3)10-12/h12H,5-11H2,1-4H3,(H3,19,20,22,23). The van der Waals surface area contributed by atoms with Crippen molar-refractivity contribution < 1.29 is 9.47 Å². The molecule has 8 nitrogen and oxygen atoms in total. The Bertz CT molecular complexity index is 758. The van der Waals surface area contributed by atoms with Crippen LogP contribution in [-0.4, -0.2) is 45.4 Å². The molecule has 0 amide bonds. The molecule has 1 atom stereocenters. The molecule has 2 aromatic rings. The molecule has 3 heterocycles. The lowest BCUT2D eigenvalue weighted by Gasteiger charge is -2.35. The van der Waals surface area contributed by atoms with Crippen molar-refractivity contribution >= 4 is 22.9 Å². The van der Waals surface area contributed by atoms with E-state index in [0.29, 0.717) is 29.2 Å². The molecule has 0 saturated carbocycles. The smallest absolute Gasteiger partial charge is 0.298 e. The molecule has 1 aliphatic heterocycles. The van der Waals surface area contributed by atoms with Crippen molar-refractivity contribution in [3.8, 4) is 6.01 Å². The Labute approximate surface area is 154 Å². The number of methoxy groups -OCH3 is 1. The molecule has 3 N–H and O–H groups in total. The van der Waals surface area contributed by atoms with Gasteiger partial charge in [-0.05, 0) is 39.0 Å². The number of rotatable bonds is 7. The Morgan fingerprint density at radius 3 is 2.85 bits per heavy atom. The Kier molecular flexibility index (Phi) is 5.50. The second-order valence-electron chi connectivity index (χ2n) is 7.56. The highest BCUT2D eigenvalue weighted by atomic mass is 16.5. The molecule has 1 unspecified atom stereocenters. The van der Waals surface area contributed by atoms with Gasteiger partial charge in [-0.3, -0.25) is 4.57 Å². The van der Waals surface area contributed by atoms with Crippen molar-refractivity contribution in [2.75, 3.05) is 31.3 Å². The Morgan fingerprint density at radius 2 is 2.15 bits per heavy atom. The zero-order chi connectivity index (χ0) is 18.7. The minimum atomic E-state index is -0.104. The average molecular weight is 362 g/mol. The summed E-state index contributed by atoms with van der Waals surface area (Å²) in [6.07, 6.45) is 4.16. The third-order valence-electron chi connectivity index (χ3n) is 4.82. The van der Waals surface area contributed by atoms with Crippen LogP contribution in [0.15, 0.2) is 0 Å². The molecule has 8 heteroatoms. The van der Waals surface area contributed by atoms with Crippen LogP contribution in [0.3, 0.4) is 0 Å². The molecule has 1 saturated heterocycles. The van der Waals surface area contributed by atoms with Gasteiger partial charge in [0.05, 0.1) is 12.7 Å². The Hall–Kier alpha value is -2.09. The summed E-state index contributed by atoms with van der Waals surface area (Å²) in [5, 5.41) is 3.25. The number of nitrogens with one attached hydrogen (secondary N) is 1. The Morgan fingerprint density at radius 1 is 1.35 bits per heavy atom. The van der Waals surface area contributed by atoms with Gasteiger partial charge in [-0.2, -0.15) is 15.0 Å². The topological polar surface area (TPSA) is 100 Å². The highest BCUT2D eigenvalue weighted by Crippen LogP contribution is 2.32. The average Bonchev–Trinajstić information content (AvgIpc) is 2.93. The van der Waals surface area contributed by atoms with Crippen molar-refractivity contribution in [3.63, 3.8) is 0 Å². The van der Waals surface area contributed by atoms with Gasteiger partial charge in [0.2, 0.25) is 5.95 Å². The molecule has 0 spiro atoms. The van der Waals surface area contributed by atoms with Crippen LogP contribution in [0.1, 0.15) is 46.5 Å². The fourth-order valence-corrected chi connectivity index (χ4v) is 3.55. The fourth-order valence-electron chi connectivity index (χ4n) is 3.55. The number of imidazole rings is 1. The van der Waals surface area contributed by atoms with Crippen LogP contribution in [0, 0.1) is 5.92 Å². The fraction of sp³-hybridized carbons (Fsp3) is 0.722. The van der Waals surface area contributed by atoms with Gasteiger partial charge < -0.3 is 20.5 Å². The van der Waals surface area contributed by atoms with E-state index in [1.54, 1.807) is 7.11 Å². The van der Waals surface area contributed by atoms with Gasteiger partial charge in [-0.25, -0.2) is 0 Å². The monoisotopic (exact) mass is 362 g/mol. The first-order valence-electron chi connectivity index (χ1n) is 9.39. The number of nitrogen functional groups attached to an aromatic ring is 1. The molecule has 0 bridgehead atoms. The van der Waals surface area contributed by atoms with E-state index in [9.17, 15) is 0 Å². The van der Waals surface area contributed by atoms with Crippen molar-refractivity contribution in [1.82, 2.24) is 19.5 Å². The van der Waals surface area contributed by atoms with Crippen LogP contribution in [0.25, 0.3) is 11.2 Å². The SMILES string of the molecule is CCCCNc1nc(N)c2nc(OC)n(CC3CCOC(C)(C)C3)c2n1. The quantitative estimate of drug-likeness (QED) is 0.730. The predicted octanol–water partition coefficient (Wildman–Crippen LogP) is 2.83. The molecule has 3 rings (SSSR count). The number of fused-ring (bicyclic) bond motifs is 1. The molecular weight excluding hydrogens is 332 g/mol. The third-order valence-corrected chi connectivity index (χ3v) is 4.82. The van der Waals surface area contributed by atoms with Crippen LogP contribution in [0.4, 0.5) is 11.8 Å². The van der Waals surface area contributed by atoms with E-state index in [-0.39, 0.29) is 5.60 Å². The number of unbranched alkanes of at least 4 members (excludes halogenated alkanes) is 1. The van der Waals surface area contributed by atoms with Crippen LogP contribution in [0.2, 0.25) is 0 Å². The van der Waals surface area contributed by atoms with Gasteiger partial charge in [0.15, 0.2) is 17.0 Å². The van der Waals surface area contributed by atoms with E-state index in [4.69, 9.17) is 15.2 Å². The highest BCUT2D eigenvalue weighted by Gasteiger charge is 2.30. The maximum absolute atomic E-state index is 6.13. The molecule has 144 valence electrons. The summed E-state index contributed by atoms with van der Waals surface area (Å²) in [6.45, 7) is 8.79. The van der Waals surface area contributed by atoms with Gasteiger partial charge >= 0.3 is 0 Å². The number of hydrogen-bond acceptors (Lipinski definition) is 7. The first-order chi connectivity index (χ1) is 12.4. The van der Waals surface area contributed by atoms with Crippen molar-refractivity contribution in [2.45, 2.75) is 58.6 Å². The van der Waals surface area contributed by atoms with Crippen LogP contribution >= 0.6 is 0 Å². The number of anilines is 2. The molecule has 26 heavy (non-hydrogen) atoms. The van der Waals surface area contributed by atoms with E-state index in [1.165, 1.54) is 0 Å². The molecular formula is C18H30N6O2. The zero-order valence-corrected chi connectivity index (χ0v) is 16.2. The molecule has 0 radical (unpaired) electrons. The van der Waals surface area contributed by atoms with E-state index < -0.39 is 0 Å². The lowest BCUT2D eigenvalue weighted by Crippen LogP contribution is -2.35. The zero-order valence-electron chi connectivity index (χ0n) is 16.2. The molecule has 2 aromatic heterocycles. The third kappa shape index (κ3) is 4.00. The number of nitrogens with two attached hydrogens (primary N) is 1. The minimum Gasteiger partial charge on any atom is -0.468 e. The second-order valence-corrected chi connectivity index (χ2v) is 7.56. The lowest BCUT2D eigenvalue weighted by atomic mass is 9.88. The van der Waals surface area contributed by atoms with Crippen molar-refractivity contribution in [2.24, 2.45) is 5.92 Å². The molecule has 0 aliphatic carbocycles. The van der Waals surface area contributed by atoms with Crippen LogP contribution in [-0.2, 0) is 11.3 Å². The van der Waals surface area contributed by atoms with E-state index in [1.807, 2.05) is 4.57 Å². The summed E-state index contributed by atoms with van der Waals surface area (Å²) in [4.78, 5) is 13.5. The van der Waals surface area contributed by atoms with Gasteiger partial charge in [-0.1, -0.05) is 13.3 Å². The van der Waals surface area contributed by atoms with Crippen LogP contribution < -0.4 is 15.8 Å². The van der Waals surface area contributed by atoms with Crippen molar-refractivity contribution in [3.05, 3.63) is 0 Å². The minimum absolute atomic E-state index is 0.104. The van der Waals surface area contributed by atoms with Gasteiger partial charge in [0.25, 0.3) is 6.01 Å². The van der Waals surface area contributed by atoms with Gasteiger partial charge in [0.1, 0.15) is 0 Å². The summed E-state index contributed by atoms with van der Waals surface area (Å²) in [7, 11) is 1.62. The summed E-state index contributed by atoms with van der Waals surface area (Å²) in [5.41, 5.74) is 7.34. The van der Waals surface area contributed by atoms with Gasteiger partial charge in [-0.15, -0.1) is 0 Å². The normalized spacial score (nSPS) is 19.6. The second kappa shape index (κ2) is 7.65. The summed E-state index contributed by atoms with van der Waals surface area (Å²) in [6, 6.07) is 0.524. The number of nitrogens with zero attached hydrogens (tertiary/aromatic N) is 4. The maximum atomic E-state index is 6.13. The van der Waals surface area contributed by atoms with E-state index >= 15 is 0 Å². The molecule has 0 aromatic carbocycles. The largest absolute Gasteiger partial charge is 0.468 e. The summed E-state index contributed by atoms with van der Waals surface area (Å²) < 4.78 is 13.4. The van der Waals surface area contributed by atoms with Crippen molar-refractivity contribution in [1.29, 1.82) is 0 Å². The Balaban J connectivity index is 1.91. The van der Waals surface area contributed by atoms with Gasteiger partial charge in [0, 0.05) is 19.7 Å². The molecule has 1 fully saturated rings. The maximum Gasteiger partial charge on any atom is 0.298 e. The van der Waals surface area contributed by atoms with Crippen LogP contribution in [0.5, 0.6) is 6.01 Å². The summed E-state index contributed by atoms with van der Waals surface area (Å²) in [5.74, 6) is 1.38. The lowest BCUT2D eigenvalue weighted by molar-refractivity contribution is -0.0748. The number of aromatic nitrogens is 4. The first-order valence-corrected chi connectivity index (χ1v) is 9.39.